The van der Waals surface area contributed by atoms with Crippen LogP contribution in [0.25, 0.3) is 22.3 Å². The number of hydrogen-bond donors (Lipinski definition) is 2. The lowest BCUT2D eigenvalue weighted by atomic mass is 10.1. The van der Waals surface area contributed by atoms with E-state index in [2.05, 4.69) is 27.0 Å². The molecule has 2 N–H and O–H groups in total. The number of aromatic nitrogens is 2. The molecule has 1 aromatic heterocycles. The Balaban J connectivity index is 1.79. The summed E-state index contributed by atoms with van der Waals surface area (Å²) in [5.41, 5.74) is 0.978. The molecular weight excluding hydrogens is 518 g/mol. The SMILES string of the molecule is CCN1CCCN(c2ccc3nc(-c4ccc(F)c(OC)c4)n(CC(O)N[C@H](C)C(F)(F)F)c(=O)c3c2)CC1. The molecule has 212 valence electrons. The monoisotopic (exact) mass is 551 g/mol. The standard InChI is InChI=1S/C27H33F4N5O3/c1-4-34-10-5-11-35(13-12-34)19-7-9-22-20(15-19)26(38)36(16-24(37)32-17(2)27(29,30)31)25(33-22)18-6-8-21(28)23(14-18)39-3/h6-9,14-15,17,24,32,37H,4-5,10-13,16H2,1-3H3/t17-,24?/m1/s1. The third-order valence-corrected chi connectivity index (χ3v) is 7.04. The van der Waals surface area contributed by atoms with Crippen LogP contribution < -0.4 is 20.5 Å². The Labute approximate surface area is 223 Å². The molecule has 1 unspecified atom stereocenters. The fraction of sp³-hybridized carbons (Fsp3) is 0.481. The Bertz CT molecular complexity index is 1360. The molecule has 0 radical (unpaired) electrons. The van der Waals surface area contributed by atoms with Gasteiger partial charge in [-0.1, -0.05) is 6.92 Å². The zero-order chi connectivity index (χ0) is 28.3. The van der Waals surface area contributed by atoms with Gasteiger partial charge in [-0.2, -0.15) is 13.2 Å². The molecular formula is C27H33F4N5O3. The number of rotatable bonds is 8. The summed E-state index contributed by atoms with van der Waals surface area (Å²) in [6, 6.07) is 7.23. The fourth-order valence-corrected chi connectivity index (χ4v) is 4.75. The number of likely N-dealkylation sites (N-methyl/N-ethyl adjacent to an activating group) is 1. The van der Waals surface area contributed by atoms with E-state index in [1.807, 2.05) is 6.07 Å². The first-order chi connectivity index (χ1) is 18.5. The van der Waals surface area contributed by atoms with Gasteiger partial charge in [-0.05, 0) is 62.8 Å². The second-order valence-corrected chi connectivity index (χ2v) is 9.62. The summed E-state index contributed by atoms with van der Waals surface area (Å²) in [5, 5.41) is 12.8. The molecule has 1 fully saturated rings. The van der Waals surface area contributed by atoms with Gasteiger partial charge in [0.1, 0.15) is 18.1 Å². The number of fused-ring (bicyclic) bond motifs is 1. The molecule has 2 aromatic carbocycles. The number of aliphatic hydroxyl groups is 1. The van der Waals surface area contributed by atoms with Crippen LogP contribution in [-0.2, 0) is 6.54 Å². The molecule has 2 atom stereocenters. The minimum absolute atomic E-state index is 0.0624. The molecule has 8 nitrogen and oxygen atoms in total. The van der Waals surface area contributed by atoms with Crippen molar-refractivity contribution in [2.45, 2.75) is 45.3 Å². The second-order valence-electron chi connectivity index (χ2n) is 9.62. The number of methoxy groups -OCH3 is 1. The molecule has 0 amide bonds. The summed E-state index contributed by atoms with van der Waals surface area (Å²) in [5.74, 6) is -0.650. The van der Waals surface area contributed by atoms with Gasteiger partial charge in [0.05, 0.1) is 24.6 Å². The highest BCUT2D eigenvalue weighted by Gasteiger charge is 2.37. The van der Waals surface area contributed by atoms with E-state index in [0.717, 1.165) is 62.4 Å². The lowest BCUT2D eigenvalue weighted by Gasteiger charge is -2.24. The molecule has 4 rings (SSSR count). The van der Waals surface area contributed by atoms with Gasteiger partial charge in [0.25, 0.3) is 5.56 Å². The average Bonchev–Trinajstić information content (AvgIpc) is 3.15. The van der Waals surface area contributed by atoms with Gasteiger partial charge in [-0.25, -0.2) is 9.37 Å². The highest BCUT2D eigenvalue weighted by Crippen LogP contribution is 2.28. The van der Waals surface area contributed by atoms with Crippen LogP contribution in [0.1, 0.15) is 20.3 Å². The normalized spacial score (nSPS) is 16.8. The Morgan fingerprint density at radius 3 is 2.59 bits per heavy atom. The van der Waals surface area contributed by atoms with Gasteiger partial charge in [-0.3, -0.25) is 14.7 Å². The van der Waals surface area contributed by atoms with Crippen LogP contribution in [0, 0.1) is 5.82 Å². The van der Waals surface area contributed by atoms with E-state index >= 15 is 0 Å². The lowest BCUT2D eigenvalue weighted by molar-refractivity contribution is -0.159. The minimum atomic E-state index is -4.59. The van der Waals surface area contributed by atoms with Gasteiger partial charge in [0, 0.05) is 30.9 Å². The number of hydrogen-bond acceptors (Lipinski definition) is 7. The quantitative estimate of drug-likeness (QED) is 0.327. The van der Waals surface area contributed by atoms with Crippen LogP contribution in [0.2, 0.25) is 0 Å². The molecule has 2 heterocycles. The van der Waals surface area contributed by atoms with Gasteiger partial charge >= 0.3 is 6.18 Å². The predicted octanol–water partition coefficient (Wildman–Crippen LogP) is 3.60. The highest BCUT2D eigenvalue weighted by molar-refractivity contribution is 5.83. The summed E-state index contributed by atoms with van der Waals surface area (Å²) in [6.45, 7) is 6.91. The van der Waals surface area contributed by atoms with Crippen LogP contribution in [0.4, 0.5) is 23.2 Å². The highest BCUT2D eigenvalue weighted by atomic mass is 19.4. The lowest BCUT2D eigenvalue weighted by Crippen LogP contribution is -2.48. The maximum Gasteiger partial charge on any atom is 0.403 e. The number of nitrogens with zero attached hydrogens (tertiary/aromatic N) is 4. The Hall–Kier alpha value is -3.22. The van der Waals surface area contributed by atoms with Crippen molar-refractivity contribution in [3.8, 4) is 17.1 Å². The summed E-state index contributed by atoms with van der Waals surface area (Å²) < 4.78 is 59.5. The number of benzene rings is 2. The van der Waals surface area contributed by atoms with E-state index in [9.17, 15) is 27.5 Å². The average molecular weight is 552 g/mol. The van der Waals surface area contributed by atoms with Crippen molar-refractivity contribution in [3.63, 3.8) is 0 Å². The Morgan fingerprint density at radius 1 is 1.13 bits per heavy atom. The molecule has 0 aliphatic carbocycles. The van der Waals surface area contributed by atoms with Gasteiger partial charge in [-0.15, -0.1) is 0 Å². The van der Waals surface area contributed by atoms with Gasteiger partial charge < -0.3 is 19.6 Å². The second kappa shape index (κ2) is 11.9. The van der Waals surface area contributed by atoms with Crippen molar-refractivity contribution in [1.82, 2.24) is 19.8 Å². The number of aliphatic hydroxyl groups excluding tert-OH is 1. The molecule has 39 heavy (non-hydrogen) atoms. The maximum absolute atomic E-state index is 14.1. The molecule has 3 aromatic rings. The van der Waals surface area contributed by atoms with Crippen LogP contribution in [0.3, 0.4) is 0 Å². The van der Waals surface area contributed by atoms with Crippen LogP contribution in [-0.4, -0.2) is 77.8 Å². The first-order valence-electron chi connectivity index (χ1n) is 12.9. The Kier molecular flexibility index (Phi) is 8.77. The fourth-order valence-electron chi connectivity index (χ4n) is 4.75. The third kappa shape index (κ3) is 6.51. The summed E-state index contributed by atoms with van der Waals surface area (Å²) in [6.07, 6.45) is -5.33. The van der Waals surface area contributed by atoms with Crippen molar-refractivity contribution in [2.75, 3.05) is 44.7 Å². The van der Waals surface area contributed by atoms with Crippen LogP contribution >= 0.6 is 0 Å². The number of nitrogens with one attached hydrogen (secondary N) is 1. The molecule has 1 saturated heterocycles. The van der Waals surface area contributed by atoms with Crippen LogP contribution in [0.15, 0.2) is 41.2 Å². The number of alkyl halides is 3. The van der Waals surface area contributed by atoms with Gasteiger partial charge in [0.15, 0.2) is 11.6 Å². The molecule has 12 heteroatoms. The molecule has 1 aliphatic rings. The van der Waals surface area contributed by atoms with E-state index in [4.69, 9.17) is 4.74 Å². The summed E-state index contributed by atoms with van der Waals surface area (Å²) in [7, 11) is 1.29. The van der Waals surface area contributed by atoms with Gasteiger partial charge in [0.2, 0.25) is 0 Å². The van der Waals surface area contributed by atoms with E-state index in [0.29, 0.717) is 11.1 Å². The number of anilines is 1. The van der Waals surface area contributed by atoms with E-state index in [1.165, 1.54) is 19.2 Å². The largest absolute Gasteiger partial charge is 0.494 e. The number of halogens is 4. The van der Waals surface area contributed by atoms with Crippen molar-refractivity contribution >= 4 is 16.6 Å². The maximum atomic E-state index is 14.1. The summed E-state index contributed by atoms with van der Waals surface area (Å²) >= 11 is 0. The first-order valence-corrected chi connectivity index (χ1v) is 12.9. The topological polar surface area (TPSA) is 82.9 Å². The Morgan fingerprint density at radius 2 is 1.90 bits per heavy atom. The minimum Gasteiger partial charge on any atom is -0.494 e. The van der Waals surface area contributed by atoms with Crippen molar-refractivity contribution < 1.29 is 27.4 Å². The van der Waals surface area contributed by atoms with Crippen molar-refractivity contribution in [3.05, 3.63) is 52.6 Å². The molecule has 1 aliphatic heterocycles. The van der Waals surface area contributed by atoms with E-state index in [-0.39, 0.29) is 17.0 Å². The van der Waals surface area contributed by atoms with Crippen LogP contribution in [0.5, 0.6) is 5.75 Å². The zero-order valence-corrected chi connectivity index (χ0v) is 22.1. The van der Waals surface area contributed by atoms with E-state index in [1.54, 1.807) is 12.1 Å². The molecule has 0 spiro atoms. The smallest absolute Gasteiger partial charge is 0.403 e. The zero-order valence-electron chi connectivity index (χ0n) is 22.1. The van der Waals surface area contributed by atoms with Crippen molar-refractivity contribution in [1.29, 1.82) is 0 Å². The summed E-state index contributed by atoms with van der Waals surface area (Å²) in [4.78, 5) is 23.0. The third-order valence-electron chi connectivity index (χ3n) is 7.04. The van der Waals surface area contributed by atoms with Crippen molar-refractivity contribution in [2.24, 2.45) is 0 Å². The predicted molar refractivity (Wildman–Crippen MR) is 142 cm³/mol. The van der Waals surface area contributed by atoms with E-state index < -0.39 is 36.4 Å². The molecule has 0 bridgehead atoms. The first kappa shape index (κ1) is 28.8. The number of ether oxygens (including phenoxy) is 1. The molecule has 0 saturated carbocycles.